The minimum atomic E-state index is 0.453. The third-order valence-corrected chi connectivity index (χ3v) is 5.06. The molecule has 0 aliphatic heterocycles. The number of thiazole rings is 1. The van der Waals surface area contributed by atoms with Gasteiger partial charge in [0, 0.05) is 10.9 Å². The first-order valence-electron chi connectivity index (χ1n) is 9.32. The highest BCUT2D eigenvalue weighted by atomic mass is 32.1. The number of benzene rings is 3. The average Bonchev–Trinajstić information content (AvgIpc) is 3.28. The Balaban J connectivity index is 1.29. The summed E-state index contributed by atoms with van der Waals surface area (Å²) in [7, 11) is 0. The van der Waals surface area contributed by atoms with E-state index in [0.29, 0.717) is 12.2 Å². The number of nitrogens with zero attached hydrogens (tertiary/aromatic N) is 3. The summed E-state index contributed by atoms with van der Waals surface area (Å²) in [6, 6.07) is 27.2. The highest BCUT2D eigenvalue weighted by Gasteiger charge is 2.03. The largest absolute Gasteiger partial charge is 0.489 e. The van der Waals surface area contributed by atoms with E-state index in [1.807, 2.05) is 72.1 Å². The monoisotopic (exact) mass is 410 g/mol. The van der Waals surface area contributed by atoms with Crippen LogP contribution in [0.3, 0.4) is 0 Å². The number of rotatable bonds is 7. The van der Waals surface area contributed by atoms with Crippen molar-refractivity contribution in [3.8, 4) is 23.1 Å². The highest BCUT2D eigenvalue weighted by molar-refractivity contribution is 7.14. The fourth-order valence-corrected chi connectivity index (χ4v) is 3.39. The van der Waals surface area contributed by atoms with Gasteiger partial charge in [-0.2, -0.15) is 10.4 Å². The molecule has 0 saturated heterocycles. The number of hydrazone groups is 1. The van der Waals surface area contributed by atoms with Gasteiger partial charge in [-0.25, -0.2) is 4.98 Å². The SMILES string of the molecule is N#Cc1ccc(COc2ccc(C=NNc3nc(-c4ccccc4)cs3)cc2)cc1. The number of aromatic nitrogens is 1. The van der Waals surface area contributed by atoms with Crippen molar-refractivity contribution in [3.05, 3.63) is 101 Å². The molecule has 5 nitrogen and oxygen atoms in total. The summed E-state index contributed by atoms with van der Waals surface area (Å²) < 4.78 is 5.79. The zero-order valence-electron chi connectivity index (χ0n) is 16.0. The van der Waals surface area contributed by atoms with Gasteiger partial charge in [0.2, 0.25) is 5.13 Å². The van der Waals surface area contributed by atoms with Gasteiger partial charge in [0.25, 0.3) is 0 Å². The zero-order chi connectivity index (χ0) is 20.6. The first kappa shape index (κ1) is 19.4. The molecule has 0 saturated carbocycles. The molecule has 30 heavy (non-hydrogen) atoms. The van der Waals surface area contributed by atoms with Crippen molar-refractivity contribution in [1.29, 1.82) is 5.26 Å². The molecule has 0 radical (unpaired) electrons. The molecule has 1 aromatic heterocycles. The summed E-state index contributed by atoms with van der Waals surface area (Å²) in [6.07, 6.45) is 1.74. The molecule has 0 spiro atoms. The Hall–Kier alpha value is -3.95. The molecule has 0 bridgehead atoms. The Bertz CT molecular complexity index is 1160. The van der Waals surface area contributed by atoms with Gasteiger partial charge in [-0.15, -0.1) is 11.3 Å². The second kappa shape index (κ2) is 9.50. The normalized spacial score (nSPS) is 10.6. The van der Waals surface area contributed by atoms with Gasteiger partial charge >= 0.3 is 0 Å². The molecule has 0 amide bonds. The quantitative estimate of drug-likeness (QED) is 0.313. The van der Waals surface area contributed by atoms with Crippen LogP contribution in [-0.4, -0.2) is 11.2 Å². The van der Waals surface area contributed by atoms with Crippen molar-refractivity contribution < 1.29 is 4.74 Å². The molecule has 4 rings (SSSR count). The van der Waals surface area contributed by atoms with E-state index in [-0.39, 0.29) is 0 Å². The summed E-state index contributed by atoms with van der Waals surface area (Å²) in [4.78, 5) is 4.55. The van der Waals surface area contributed by atoms with E-state index in [1.165, 1.54) is 11.3 Å². The van der Waals surface area contributed by atoms with E-state index in [2.05, 4.69) is 21.6 Å². The molecule has 0 aliphatic rings. The first-order chi connectivity index (χ1) is 14.8. The van der Waals surface area contributed by atoms with Crippen LogP contribution in [0, 0.1) is 11.3 Å². The van der Waals surface area contributed by atoms with Gasteiger partial charge in [-0.05, 0) is 47.5 Å². The van der Waals surface area contributed by atoms with Gasteiger partial charge in [0.15, 0.2) is 0 Å². The number of nitriles is 1. The Kier molecular flexibility index (Phi) is 6.13. The lowest BCUT2D eigenvalue weighted by molar-refractivity contribution is 0.306. The van der Waals surface area contributed by atoms with Crippen LogP contribution in [0.1, 0.15) is 16.7 Å². The average molecular weight is 411 g/mol. The third kappa shape index (κ3) is 5.10. The number of hydrogen-bond acceptors (Lipinski definition) is 6. The number of nitrogens with one attached hydrogen (secondary N) is 1. The van der Waals surface area contributed by atoms with E-state index in [1.54, 1.807) is 18.3 Å². The van der Waals surface area contributed by atoms with Crippen LogP contribution >= 0.6 is 11.3 Å². The molecule has 1 N–H and O–H groups in total. The van der Waals surface area contributed by atoms with Crippen molar-refractivity contribution in [2.24, 2.45) is 5.10 Å². The summed E-state index contributed by atoms with van der Waals surface area (Å²) >= 11 is 1.51. The maximum atomic E-state index is 8.84. The minimum Gasteiger partial charge on any atom is -0.489 e. The second-order valence-corrected chi connectivity index (χ2v) is 7.30. The molecule has 146 valence electrons. The van der Waals surface area contributed by atoms with Gasteiger partial charge < -0.3 is 4.74 Å². The topological polar surface area (TPSA) is 70.3 Å². The lowest BCUT2D eigenvalue weighted by Crippen LogP contribution is -1.96. The van der Waals surface area contributed by atoms with Crippen molar-refractivity contribution >= 4 is 22.7 Å². The molecule has 6 heteroatoms. The van der Waals surface area contributed by atoms with Crippen LogP contribution < -0.4 is 10.2 Å². The maximum absolute atomic E-state index is 8.84. The molecule has 4 aromatic rings. The summed E-state index contributed by atoms with van der Waals surface area (Å²) in [5.74, 6) is 0.775. The van der Waals surface area contributed by atoms with Crippen LogP contribution in [0.15, 0.2) is 89.3 Å². The smallest absolute Gasteiger partial charge is 0.203 e. The van der Waals surface area contributed by atoms with E-state index in [0.717, 1.165) is 33.3 Å². The number of anilines is 1. The standard InChI is InChI=1S/C24H18N4OS/c25-14-18-6-8-20(9-7-18)16-29-22-12-10-19(11-13-22)15-26-28-24-27-23(17-30-24)21-4-2-1-3-5-21/h1-13,15,17H,16H2,(H,27,28). The van der Waals surface area contributed by atoms with Gasteiger partial charge in [0.05, 0.1) is 23.5 Å². The highest BCUT2D eigenvalue weighted by Crippen LogP contribution is 2.24. The van der Waals surface area contributed by atoms with Crippen molar-refractivity contribution in [2.75, 3.05) is 5.43 Å². The van der Waals surface area contributed by atoms with Gasteiger partial charge in [0.1, 0.15) is 12.4 Å². The molecule has 0 atom stereocenters. The van der Waals surface area contributed by atoms with Crippen molar-refractivity contribution in [2.45, 2.75) is 6.61 Å². The zero-order valence-corrected chi connectivity index (χ0v) is 16.8. The van der Waals surface area contributed by atoms with Crippen molar-refractivity contribution in [1.82, 2.24) is 4.98 Å². The number of hydrogen-bond donors (Lipinski definition) is 1. The van der Waals surface area contributed by atoms with Crippen LogP contribution in [0.2, 0.25) is 0 Å². The Labute approximate surface area is 178 Å². The van der Waals surface area contributed by atoms with Crippen LogP contribution in [0.25, 0.3) is 11.3 Å². The van der Waals surface area contributed by atoms with E-state index < -0.39 is 0 Å². The van der Waals surface area contributed by atoms with Gasteiger partial charge in [-0.1, -0.05) is 42.5 Å². The van der Waals surface area contributed by atoms with Crippen LogP contribution in [0.5, 0.6) is 5.75 Å². The predicted molar refractivity (Wildman–Crippen MR) is 121 cm³/mol. The molecular formula is C24H18N4OS. The van der Waals surface area contributed by atoms with Crippen molar-refractivity contribution in [3.63, 3.8) is 0 Å². The molecule has 1 heterocycles. The van der Waals surface area contributed by atoms with E-state index in [9.17, 15) is 0 Å². The lowest BCUT2D eigenvalue weighted by Gasteiger charge is -2.06. The molecular weight excluding hydrogens is 392 g/mol. The minimum absolute atomic E-state index is 0.453. The number of ether oxygens (including phenoxy) is 1. The second-order valence-electron chi connectivity index (χ2n) is 6.44. The van der Waals surface area contributed by atoms with Crippen LogP contribution in [-0.2, 0) is 6.61 Å². The maximum Gasteiger partial charge on any atom is 0.203 e. The van der Waals surface area contributed by atoms with Gasteiger partial charge in [-0.3, -0.25) is 5.43 Å². The molecule has 3 aromatic carbocycles. The van der Waals surface area contributed by atoms with Crippen LogP contribution in [0.4, 0.5) is 5.13 Å². The van der Waals surface area contributed by atoms with E-state index in [4.69, 9.17) is 10.00 Å². The summed E-state index contributed by atoms with van der Waals surface area (Å²) in [5, 5.41) is 15.9. The molecule has 0 fully saturated rings. The lowest BCUT2D eigenvalue weighted by atomic mass is 10.1. The fraction of sp³-hybridized carbons (Fsp3) is 0.0417. The third-order valence-electron chi connectivity index (χ3n) is 4.32. The molecule has 0 aliphatic carbocycles. The summed E-state index contributed by atoms with van der Waals surface area (Å²) in [6.45, 7) is 0.453. The summed E-state index contributed by atoms with van der Waals surface area (Å²) in [5.41, 5.74) is 7.61. The fourth-order valence-electron chi connectivity index (χ4n) is 2.72. The Morgan fingerprint density at radius 2 is 1.77 bits per heavy atom. The predicted octanol–water partition coefficient (Wildman–Crippen LogP) is 5.71. The van der Waals surface area contributed by atoms with E-state index >= 15 is 0 Å². The Morgan fingerprint density at radius 3 is 2.50 bits per heavy atom. The Morgan fingerprint density at radius 1 is 1.00 bits per heavy atom. The first-order valence-corrected chi connectivity index (χ1v) is 10.2. The molecule has 0 unspecified atom stereocenters.